The topological polar surface area (TPSA) is 54.4 Å². The normalized spacial score (nSPS) is 13.7. The van der Waals surface area contributed by atoms with Crippen molar-refractivity contribution in [1.29, 1.82) is 0 Å². The van der Waals surface area contributed by atoms with Gasteiger partial charge in [0.1, 0.15) is 11.6 Å². The number of nitrogens with zero attached hydrogens (tertiary/aromatic N) is 1. The molecule has 0 fully saturated rings. The van der Waals surface area contributed by atoms with E-state index in [9.17, 15) is 44.6 Å². The predicted molar refractivity (Wildman–Crippen MR) is 132 cm³/mol. The Morgan fingerprint density at radius 3 is 2.20 bits per heavy atom. The number of anilines is 1. The van der Waals surface area contributed by atoms with Crippen molar-refractivity contribution in [2.75, 3.05) is 5.32 Å². The molecule has 0 saturated heterocycles. The zero-order valence-electron chi connectivity index (χ0n) is 20.7. The van der Waals surface area contributed by atoms with Crippen molar-refractivity contribution in [3.05, 3.63) is 106 Å². The fourth-order valence-corrected chi connectivity index (χ4v) is 5.11. The second-order valence-electron chi connectivity index (χ2n) is 8.92. The van der Waals surface area contributed by atoms with Crippen molar-refractivity contribution in [3.63, 3.8) is 0 Å². The molecule has 4 nitrogen and oxygen atoms in total. The van der Waals surface area contributed by atoms with Crippen molar-refractivity contribution in [3.8, 4) is 11.5 Å². The third-order valence-electron chi connectivity index (χ3n) is 6.01. The van der Waals surface area contributed by atoms with Crippen molar-refractivity contribution < 1.29 is 49.4 Å². The fraction of sp³-hybridized carbons (Fsp3) is 0.222. The molecule has 0 saturated carbocycles. The lowest BCUT2D eigenvalue weighted by Crippen LogP contribution is -2.39. The number of alkyl halides is 7. The zero-order valence-corrected chi connectivity index (χ0v) is 21.6. The van der Waals surface area contributed by atoms with Gasteiger partial charge in [0.15, 0.2) is 22.4 Å². The number of hydrogen-bond donors (Lipinski definition) is 2. The molecule has 1 atom stereocenters. The van der Waals surface area contributed by atoms with Crippen LogP contribution >= 0.6 is 11.3 Å². The lowest BCUT2D eigenvalue weighted by atomic mass is 9.77. The molecule has 2 N–H and O–H groups in total. The summed E-state index contributed by atoms with van der Waals surface area (Å²) in [6.45, 7) is 1.16. The molecular weight excluding hydrogens is 587 g/mol. The Kier molecular flexibility index (Phi) is 8.16. The summed E-state index contributed by atoms with van der Waals surface area (Å²) in [6.07, 6.45) is -14.4. The summed E-state index contributed by atoms with van der Waals surface area (Å²) in [5.74, 6) is -4.20. The van der Waals surface area contributed by atoms with E-state index in [0.717, 1.165) is 37.3 Å². The number of ether oxygens (including phenoxy) is 1. The molecular formula is C27H19F9N2O2S. The van der Waals surface area contributed by atoms with Crippen LogP contribution in [0.3, 0.4) is 0 Å². The Morgan fingerprint density at radius 1 is 0.927 bits per heavy atom. The van der Waals surface area contributed by atoms with Gasteiger partial charge in [-0.15, -0.1) is 11.3 Å². The molecule has 41 heavy (non-hydrogen) atoms. The number of halogens is 9. The number of aryl methyl sites for hydroxylation is 1. The molecule has 3 aromatic carbocycles. The molecule has 0 bridgehead atoms. The molecule has 1 unspecified atom stereocenters. The van der Waals surface area contributed by atoms with Crippen LogP contribution in [-0.2, 0) is 18.1 Å². The van der Waals surface area contributed by atoms with Crippen LogP contribution in [0.5, 0.6) is 11.5 Å². The van der Waals surface area contributed by atoms with E-state index in [1.54, 1.807) is 30.3 Å². The van der Waals surface area contributed by atoms with E-state index in [2.05, 4.69) is 15.0 Å². The van der Waals surface area contributed by atoms with Gasteiger partial charge in [-0.3, -0.25) is 0 Å². The van der Waals surface area contributed by atoms with E-state index in [1.165, 1.54) is 0 Å². The minimum absolute atomic E-state index is 0.0566. The molecule has 4 rings (SSSR count). The van der Waals surface area contributed by atoms with E-state index in [4.69, 9.17) is 0 Å². The summed E-state index contributed by atoms with van der Waals surface area (Å²) < 4.78 is 127. The number of phenols is 1. The molecule has 0 radical (unpaired) electrons. The minimum Gasteiger partial charge on any atom is -0.505 e. The van der Waals surface area contributed by atoms with Gasteiger partial charge < -0.3 is 15.2 Å². The maximum Gasteiger partial charge on any atom is 0.461 e. The first kappa shape index (κ1) is 30.0. The Morgan fingerprint density at radius 2 is 1.61 bits per heavy atom. The van der Waals surface area contributed by atoms with Crippen LogP contribution < -0.4 is 10.1 Å². The number of phenolic OH excluding ortho intramolecular Hbond substituents is 1. The highest BCUT2D eigenvalue weighted by Gasteiger charge is 2.45. The molecule has 0 aliphatic rings. The average Bonchev–Trinajstić information content (AvgIpc) is 3.25. The van der Waals surface area contributed by atoms with Gasteiger partial charge in [-0.1, -0.05) is 36.4 Å². The van der Waals surface area contributed by atoms with Gasteiger partial charge in [-0.05, 0) is 47.9 Å². The molecule has 4 aromatic rings. The third-order valence-corrected chi connectivity index (χ3v) is 6.89. The largest absolute Gasteiger partial charge is 0.505 e. The number of rotatable bonds is 9. The van der Waals surface area contributed by atoms with Gasteiger partial charge in [0.2, 0.25) is 0 Å². The van der Waals surface area contributed by atoms with Crippen molar-refractivity contribution in [1.82, 2.24) is 4.98 Å². The molecule has 1 heterocycles. The third kappa shape index (κ3) is 6.53. The molecule has 0 spiro atoms. The smallest absolute Gasteiger partial charge is 0.461 e. The van der Waals surface area contributed by atoms with Crippen molar-refractivity contribution >= 4 is 16.5 Å². The van der Waals surface area contributed by atoms with Gasteiger partial charge in [0, 0.05) is 17.4 Å². The molecule has 14 heteroatoms. The Hall–Kier alpha value is -3.94. The molecule has 1 aromatic heterocycles. The van der Waals surface area contributed by atoms with E-state index >= 15 is 0 Å². The lowest BCUT2D eigenvalue weighted by molar-refractivity contribution is -0.253. The maximum absolute atomic E-state index is 14.9. The summed E-state index contributed by atoms with van der Waals surface area (Å²) in [6, 6.07) is 13.0. The summed E-state index contributed by atoms with van der Waals surface area (Å²) >= 11 is 0.575. The summed E-state index contributed by atoms with van der Waals surface area (Å²) in [7, 11) is 0. The second-order valence-corrected chi connectivity index (χ2v) is 10.1. The first-order chi connectivity index (χ1) is 19.1. The van der Waals surface area contributed by atoms with Crippen LogP contribution in [0, 0.1) is 18.6 Å². The molecule has 0 aliphatic carbocycles. The highest BCUT2D eigenvalue weighted by Crippen LogP contribution is 2.43. The van der Waals surface area contributed by atoms with Gasteiger partial charge in [0.05, 0.1) is 5.54 Å². The number of nitrogens with one attached hydrogen (secondary N) is 1. The van der Waals surface area contributed by atoms with Crippen molar-refractivity contribution in [2.45, 2.75) is 37.6 Å². The van der Waals surface area contributed by atoms with Gasteiger partial charge in [-0.25, -0.2) is 13.8 Å². The first-order valence-electron chi connectivity index (χ1n) is 11.6. The second kappa shape index (κ2) is 11.1. The number of aromatic nitrogens is 1. The maximum atomic E-state index is 14.9. The fourth-order valence-electron chi connectivity index (χ4n) is 4.20. The Labute approximate surface area is 231 Å². The quantitative estimate of drug-likeness (QED) is 0.188. The standard InChI is InChI=1S/C27H19F9N2O2S/c1-14-22(26(32,33)34)37-24(41-14)38-25(13-15-5-3-2-4-6-15,16-7-8-20(29)21(39)11-16)17-9-18(28)12-19(10-17)40-27(35,36)23(30)31/h2-12,23,39H,13H2,1H3,(H,37,38). The number of benzene rings is 3. The number of hydrogen-bond acceptors (Lipinski definition) is 5. The highest BCUT2D eigenvalue weighted by atomic mass is 32.1. The van der Waals surface area contributed by atoms with Gasteiger partial charge >= 0.3 is 18.7 Å². The predicted octanol–water partition coefficient (Wildman–Crippen LogP) is 8.29. The minimum atomic E-state index is -5.01. The number of aromatic hydroxyl groups is 1. The highest BCUT2D eigenvalue weighted by molar-refractivity contribution is 7.15. The van der Waals surface area contributed by atoms with Crippen LogP contribution in [0.1, 0.15) is 27.3 Å². The van der Waals surface area contributed by atoms with E-state index in [0.29, 0.717) is 23.0 Å². The monoisotopic (exact) mass is 606 g/mol. The first-order valence-corrected chi connectivity index (χ1v) is 12.4. The van der Waals surface area contributed by atoms with Gasteiger partial charge in [-0.2, -0.15) is 30.7 Å². The van der Waals surface area contributed by atoms with E-state index in [1.807, 2.05) is 0 Å². The van der Waals surface area contributed by atoms with Crippen LogP contribution in [0.2, 0.25) is 0 Å². The zero-order chi connectivity index (χ0) is 30.2. The Balaban J connectivity index is 2.00. The molecule has 218 valence electrons. The average molecular weight is 607 g/mol. The van der Waals surface area contributed by atoms with Crippen LogP contribution in [0.4, 0.5) is 44.6 Å². The molecule has 0 amide bonds. The molecule has 0 aliphatic heterocycles. The Bertz CT molecular complexity index is 1530. The summed E-state index contributed by atoms with van der Waals surface area (Å²) in [5.41, 5.74) is -3.05. The SMILES string of the molecule is Cc1sc(NC(Cc2ccccc2)(c2cc(F)cc(OC(F)(F)C(F)F)c2)c2ccc(F)c(O)c2)nc1C(F)(F)F. The van der Waals surface area contributed by atoms with Crippen LogP contribution in [0.15, 0.2) is 66.7 Å². The van der Waals surface area contributed by atoms with E-state index < -0.39 is 53.1 Å². The van der Waals surface area contributed by atoms with E-state index in [-0.39, 0.29) is 27.6 Å². The van der Waals surface area contributed by atoms with Gasteiger partial charge in [0.25, 0.3) is 0 Å². The lowest BCUT2D eigenvalue weighted by Gasteiger charge is -2.37. The number of thiazole rings is 1. The van der Waals surface area contributed by atoms with Crippen molar-refractivity contribution in [2.24, 2.45) is 0 Å². The summed E-state index contributed by atoms with van der Waals surface area (Å²) in [4.78, 5) is 3.39. The van der Waals surface area contributed by atoms with Crippen LogP contribution in [0.25, 0.3) is 0 Å². The summed E-state index contributed by atoms with van der Waals surface area (Å²) in [5, 5.41) is 12.6. The van der Waals surface area contributed by atoms with Crippen LogP contribution in [-0.4, -0.2) is 22.6 Å².